The van der Waals surface area contributed by atoms with Crippen LogP contribution in [0.1, 0.15) is 0 Å². The van der Waals surface area contributed by atoms with Crippen molar-refractivity contribution in [2.24, 2.45) is 0 Å². The molecular weight excluding hydrogens is 228 g/mol. The summed E-state index contributed by atoms with van der Waals surface area (Å²) in [5, 5.41) is 1.05. The highest BCUT2D eigenvalue weighted by Gasteiger charge is 2.06. The summed E-state index contributed by atoms with van der Waals surface area (Å²) in [6.07, 6.45) is 4.64. The lowest BCUT2D eigenvalue weighted by atomic mass is 10.8. The Morgan fingerprint density at radius 2 is 2.08 bits per heavy atom. The zero-order valence-corrected chi connectivity index (χ0v) is 8.60. The molecule has 7 heteroatoms. The Hall–Kier alpha value is -0.720. The quantitative estimate of drug-likeness (QED) is 0.791. The van der Waals surface area contributed by atoms with E-state index in [4.69, 9.17) is 11.6 Å². The number of hydrogen-bond donors (Lipinski definition) is 0. The van der Waals surface area contributed by atoms with E-state index in [1.165, 1.54) is 29.6 Å². The highest BCUT2D eigenvalue weighted by Crippen LogP contribution is 2.29. The Kier molecular flexibility index (Phi) is 2.72. The Labute approximate surface area is 87.6 Å². The van der Waals surface area contributed by atoms with Gasteiger partial charge in [-0.05, 0) is 23.3 Å². The molecule has 66 valence electrons. The Morgan fingerprint density at radius 1 is 1.23 bits per heavy atom. The van der Waals surface area contributed by atoms with E-state index in [-0.39, 0.29) is 0 Å². The Morgan fingerprint density at radius 3 is 2.77 bits per heavy atom. The van der Waals surface area contributed by atoms with E-state index in [1.807, 2.05) is 0 Å². The standard InChI is InChI=1S/C6H3ClN4S2/c7-4-5(9-2-1-8-4)12-6-10-3-11-13-6/h1-3H. The molecule has 0 N–H and O–H groups in total. The fraction of sp³-hybridized carbons (Fsp3) is 0. The second-order valence-electron chi connectivity index (χ2n) is 1.96. The Bertz CT molecular complexity index is 391. The third-order valence-corrected chi connectivity index (χ3v) is 3.24. The summed E-state index contributed by atoms with van der Waals surface area (Å²) >= 11 is 8.47. The predicted octanol–water partition coefficient (Wildman–Crippen LogP) is 2.13. The summed E-state index contributed by atoms with van der Waals surface area (Å²) in [6.45, 7) is 0. The fourth-order valence-electron chi connectivity index (χ4n) is 0.667. The number of hydrogen-bond acceptors (Lipinski definition) is 6. The molecule has 0 aliphatic carbocycles. The van der Waals surface area contributed by atoms with Gasteiger partial charge in [0, 0.05) is 12.4 Å². The maximum absolute atomic E-state index is 5.80. The predicted molar refractivity (Wildman–Crippen MR) is 51.1 cm³/mol. The summed E-state index contributed by atoms with van der Waals surface area (Å²) in [6, 6.07) is 0. The average Bonchev–Trinajstić information content (AvgIpc) is 2.61. The van der Waals surface area contributed by atoms with Gasteiger partial charge < -0.3 is 0 Å². The van der Waals surface area contributed by atoms with Crippen molar-refractivity contribution < 1.29 is 0 Å². The van der Waals surface area contributed by atoms with Crippen LogP contribution in [0.5, 0.6) is 0 Å². The van der Waals surface area contributed by atoms with Crippen LogP contribution >= 0.6 is 34.9 Å². The van der Waals surface area contributed by atoms with Crippen molar-refractivity contribution >= 4 is 34.9 Å². The number of rotatable bonds is 2. The topological polar surface area (TPSA) is 51.6 Å². The van der Waals surface area contributed by atoms with E-state index in [2.05, 4.69) is 19.3 Å². The second kappa shape index (κ2) is 3.99. The first kappa shape index (κ1) is 8.86. The number of halogens is 1. The van der Waals surface area contributed by atoms with Crippen molar-refractivity contribution in [3.05, 3.63) is 23.9 Å². The second-order valence-corrected chi connectivity index (χ2v) is 4.34. The van der Waals surface area contributed by atoms with Gasteiger partial charge in [-0.1, -0.05) is 11.6 Å². The van der Waals surface area contributed by atoms with Gasteiger partial charge in [-0.15, -0.1) is 0 Å². The molecule has 0 aromatic carbocycles. The van der Waals surface area contributed by atoms with Gasteiger partial charge in [-0.25, -0.2) is 15.0 Å². The summed E-state index contributed by atoms with van der Waals surface area (Å²) in [5.41, 5.74) is 0. The van der Waals surface area contributed by atoms with Crippen LogP contribution in [0.4, 0.5) is 0 Å². The summed E-state index contributed by atoms with van der Waals surface area (Å²) in [5.74, 6) is 0. The molecular formula is C6H3ClN4S2. The lowest BCUT2D eigenvalue weighted by Gasteiger charge is -1.96. The first-order valence-corrected chi connectivity index (χ1v) is 5.24. The first-order valence-electron chi connectivity index (χ1n) is 3.27. The number of aromatic nitrogens is 4. The van der Waals surface area contributed by atoms with Crippen LogP contribution in [0.15, 0.2) is 28.1 Å². The van der Waals surface area contributed by atoms with E-state index in [9.17, 15) is 0 Å². The molecule has 0 saturated carbocycles. The van der Waals surface area contributed by atoms with Crippen LogP contribution in [0.25, 0.3) is 0 Å². The van der Waals surface area contributed by atoms with Crippen molar-refractivity contribution in [3.8, 4) is 0 Å². The molecule has 0 bridgehead atoms. The molecule has 2 rings (SSSR count). The van der Waals surface area contributed by atoms with E-state index >= 15 is 0 Å². The van der Waals surface area contributed by atoms with Gasteiger partial charge in [0.2, 0.25) is 0 Å². The molecule has 0 aliphatic rings. The third kappa shape index (κ3) is 2.15. The smallest absolute Gasteiger partial charge is 0.176 e. The fourth-order valence-corrected chi connectivity index (χ4v) is 2.20. The molecule has 13 heavy (non-hydrogen) atoms. The van der Waals surface area contributed by atoms with Gasteiger partial charge in [0.15, 0.2) is 9.49 Å². The zero-order chi connectivity index (χ0) is 9.10. The highest BCUT2D eigenvalue weighted by molar-refractivity contribution is 8.01. The van der Waals surface area contributed by atoms with Gasteiger partial charge in [0.25, 0.3) is 0 Å². The molecule has 0 radical (unpaired) electrons. The van der Waals surface area contributed by atoms with Gasteiger partial charge in [0.1, 0.15) is 11.4 Å². The van der Waals surface area contributed by atoms with Gasteiger partial charge in [0.05, 0.1) is 0 Å². The molecule has 0 unspecified atom stereocenters. The van der Waals surface area contributed by atoms with Crippen LogP contribution < -0.4 is 0 Å². The SMILES string of the molecule is Clc1nccnc1Sc1ncns1. The minimum Gasteiger partial charge on any atom is -0.245 e. The van der Waals surface area contributed by atoms with Gasteiger partial charge >= 0.3 is 0 Å². The first-order chi connectivity index (χ1) is 6.36. The van der Waals surface area contributed by atoms with Gasteiger partial charge in [-0.3, -0.25) is 0 Å². The summed E-state index contributed by atoms with van der Waals surface area (Å²) in [4.78, 5) is 12.0. The van der Waals surface area contributed by atoms with Crippen LogP contribution in [0, 0.1) is 0 Å². The molecule has 0 fully saturated rings. The van der Waals surface area contributed by atoms with Crippen LogP contribution in [0.3, 0.4) is 0 Å². The molecule has 0 atom stereocenters. The van der Waals surface area contributed by atoms with Crippen molar-refractivity contribution in [1.29, 1.82) is 0 Å². The highest BCUT2D eigenvalue weighted by atomic mass is 35.5. The lowest BCUT2D eigenvalue weighted by Crippen LogP contribution is -1.83. The average molecular weight is 231 g/mol. The van der Waals surface area contributed by atoms with Crippen LogP contribution in [-0.2, 0) is 0 Å². The van der Waals surface area contributed by atoms with Crippen LogP contribution in [-0.4, -0.2) is 19.3 Å². The molecule has 4 nitrogen and oxygen atoms in total. The van der Waals surface area contributed by atoms with E-state index in [0.717, 1.165) is 4.34 Å². The minimum atomic E-state index is 0.391. The van der Waals surface area contributed by atoms with Crippen molar-refractivity contribution in [1.82, 2.24) is 19.3 Å². The monoisotopic (exact) mass is 230 g/mol. The molecule has 0 aliphatic heterocycles. The molecule has 2 heterocycles. The van der Waals surface area contributed by atoms with E-state index in [0.29, 0.717) is 10.2 Å². The van der Waals surface area contributed by atoms with E-state index < -0.39 is 0 Å². The normalized spacial score (nSPS) is 10.2. The van der Waals surface area contributed by atoms with Crippen molar-refractivity contribution in [2.45, 2.75) is 9.37 Å². The molecule has 0 amide bonds. The summed E-state index contributed by atoms with van der Waals surface area (Å²) < 4.78 is 4.67. The van der Waals surface area contributed by atoms with E-state index in [1.54, 1.807) is 12.4 Å². The van der Waals surface area contributed by atoms with Crippen molar-refractivity contribution in [3.63, 3.8) is 0 Å². The molecule has 0 spiro atoms. The van der Waals surface area contributed by atoms with Gasteiger partial charge in [-0.2, -0.15) is 4.37 Å². The largest absolute Gasteiger partial charge is 0.245 e. The lowest BCUT2D eigenvalue weighted by molar-refractivity contribution is 1.05. The van der Waals surface area contributed by atoms with Crippen molar-refractivity contribution in [2.75, 3.05) is 0 Å². The third-order valence-electron chi connectivity index (χ3n) is 1.15. The maximum atomic E-state index is 5.80. The number of nitrogens with zero attached hydrogens (tertiary/aromatic N) is 4. The van der Waals surface area contributed by atoms with Crippen LogP contribution in [0.2, 0.25) is 5.15 Å². The molecule has 2 aromatic rings. The zero-order valence-electron chi connectivity index (χ0n) is 6.22. The Balaban J connectivity index is 2.24. The maximum Gasteiger partial charge on any atom is 0.176 e. The minimum absolute atomic E-state index is 0.391. The molecule has 2 aromatic heterocycles. The molecule has 0 saturated heterocycles. The summed E-state index contributed by atoms with van der Waals surface area (Å²) in [7, 11) is 0.